The molecule has 214 valence electrons. The monoisotopic (exact) mass is 581 g/mol. The van der Waals surface area contributed by atoms with E-state index in [-0.39, 0.29) is 23.4 Å². The predicted molar refractivity (Wildman–Crippen MR) is 163 cm³/mol. The first-order chi connectivity index (χ1) is 19.1. The molecule has 7 nitrogen and oxygen atoms in total. The van der Waals surface area contributed by atoms with Gasteiger partial charge in [-0.25, -0.2) is 8.42 Å². The lowest BCUT2D eigenvalue weighted by atomic mass is 10.1. The molecular formula is C31H39N3O4S2. The second-order valence-electron chi connectivity index (χ2n) is 9.84. The number of thioether (sulfide) groups is 1. The summed E-state index contributed by atoms with van der Waals surface area (Å²) in [5.41, 5.74) is 2.37. The summed E-state index contributed by atoms with van der Waals surface area (Å²) >= 11 is 1.52. The Bertz CT molecular complexity index is 1360. The van der Waals surface area contributed by atoms with Crippen molar-refractivity contribution in [1.82, 2.24) is 10.2 Å². The van der Waals surface area contributed by atoms with Crippen LogP contribution in [0.3, 0.4) is 0 Å². The summed E-state index contributed by atoms with van der Waals surface area (Å²) in [6.07, 6.45) is 3.20. The maximum Gasteiger partial charge on any atom is 0.264 e. The number of aryl methyl sites for hydroxylation is 1. The van der Waals surface area contributed by atoms with Gasteiger partial charge < -0.3 is 10.2 Å². The van der Waals surface area contributed by atoms with Crippen molar-refractivity contribution >= 4 is 39.3 Å². The zero-order chi connectivity index (χ0) is 29.3. The van der Waals surface area contributed by atoms with E-state index >= 15 is 0 Å². The Kier molecular flexibility index (Phi) is 11.2. The van der Waals surface area contributed by atoms with Gasteiger partial charge in [0.15, 0.2) is 0 Å². The van der Waals surface area contributed by atoms with Gasteiger partial charge in [0, 0.05) is 17.5 Å². The van der Waals surface area contributed by atoms with Crippen LogP contribution in [-0.2, 0) is 26.0 Å². The van der Waals surface area contributed by atoms with E-state index in [1.807, 2.05) is 69.5 Å². The molecule has 0 heterocycles. The van der Waals surface area contributed by atoms with Gasteiger partial charge in [-0.3, -0.25) is 13.9 Å². The van der Waals surface area contributed by atoms with Gasteiger partial charge in [-0.2, -0.15) is 0 Å². The van der Waals surface area contributed by atoms with Crippen molar-refractivity contribution < 1.29 is 18.0 Å². The van der Waals surface area contributed by atoms with Gasteiger partial charge in [0.05, 0.1) is 10.6 Å². The largest absolute Gasteiger partial charge is 0.352 e. The first-order valence-corrected chi connectivity index (χ1v) is 16.1. The van der Waals surface area contributed by atoms with Gasteiger partial charge >= 0.3 is 0 Å². The number of amides is 2. The standard InChI is InChI=1S/C31H39N3O4S2/c1-6-24(3)32-31(36)25(4)33(21-20-26-10-8-7-9-11-26)30(35)22-34(27-14-12-23(2)13-15-27)40(37,38)29-18-16-28(39-5)17-19-29/h7-19,24-25H,6,20-22H2,1-5H3,(H,32,36)/t24-,25+/m0/s1. The number of hydrogen-bond acceptors (Lipinski definition) is 5. The van der Waals surface area contributed by atoms with Crippen LogP contribution in [0.1, 0.15) is 38.3 Å². The minimum Gasteiger partial charge on any atom is -0.352 e. The number of rotatable bonds is 13. The van der Waals surface area contributed by atoms with E-state index in [4.69, 9.17) is 0 Å². The number of nitrogens with zero attached hydrogens (tertiary/aromatic N) is 2. The van der Waals surface area contributed by atoms with Crippen molar-refractivity contribution in [2.24, 2.45) is 0 Å². The molecule has 0 saturated carbocycles. The van der Waals surface area contributed by atoms with Gasteiger partial charge in [0.1, 0.15) is 12.6 Å². The minimum absolute atomic E-state index is 0.0466. The first-order valence-electron chi connectivity index (χ1n) is 13.4. The minimum atomic E-state index is -4.08. The molecule has 0 aromatic heterocycles. The second kappa shape index (κ2) is 14.4. The smallest absolute Gasteiger partial charge is 0.264 e. The number of nitrogens with one attached hydrogen (secondary N) is 1. The summed E-state index contributed by atoms with van der Waals surface area (Å²) in [5.74, 6) is -0.722. The summed E-state index contributed by atoms with van der Waals surface area (Å²) in [5, 5.41) is 2.95. The lowest BCUT2D eigenvalue weighted by Gasteiger charge is -2.32. The highest BCUT2D eigenvalue weighted by Gasteiger charge is 2.32. The van der Waals surface area contributed by atoms with Crippen molar-refractivity contribution in [3.05, 3.63) is 90.0 Å². The van der Waals surface area contributed by atoms with Crippen LogP contribution in [0.15, 0.2) is 88.7 Å². The second-order valence-corrected chi connectivity index (χ2v) is 12.6. The number of carbonyl (C=O) groups is 2. The summed E-state index contributed by atoms with van der Waals surface area (Å²) < 4.78 is 29.0. The van der Waals surface area contributed by atoms with Crippen LogP contribution in [0.25, 0.3) is 0 Å². The van der Waals surface area contributed by atoms with E-state index < -0.39 is 28.5 Å². The normalized spacial score (nSPS) is 12.8. The van der Waals surface area contributed by atoms with Gasteiger partial charge in [-0.05, 0) is 81.8 Å². The molecule has 1 N–H and O–H groups in total. The van der Waals surface area contributed by atoms with Crippen LogP contribution in [-0.4, -0.2) is 56.6 Å². The Morgan fingerprint density at radius 3 is 2.12 bits per heavy atom. The molecule has 9 heteroatoms. The lowest BCUT2D eigenvalue weighted by molar-refractivity contribution is -0.139. The number of sulfonamides is 1. The fourth-order valence-electron chi connectivity index (χ4n) is 4.15. The quantitative estimate of drug-likeness (QED) is 0.277. The first kappa shape index (κ1) is 31.2. The highest BCUT2D eigenvalue weighted by molar-refractivity contribution is 7.98. The zero-order valence-corrected chi connectivity index (χ0v) is 25.5. The summed E-state index contributed by atoms with van der Waals surface area (Å²) in [6, 6.07) is 22.5. The fourth-order valence-corrected chi connectivity index (χ4v) is 5.97. The van der Waals surface area contributed by atoms with E-state index in [1.54, 1.807) is 43.3 Å². The van der Waals surface area contributed by atoms with Gasteiger partial charge in [-0.1, -0.05) is 55.0 Å². The molecule has 0 bridgehead atoms. The molecule has 0 fully saturated rings. The molecule has 0 aliphatic carbocycles. The van der Waals surface area contributed by atoms with Crippen molar-refractivity contribution in [3.8, 4) is 0 Å². The third-order valence-corrected chi connectivity index (χ3v) is 9.43. The third kappa shape index (κ3) is 8.11. The maximum absolute atomic E-state index is 13.9. The molecule has 0 aliphatic rings. The van der Waals surface area contributed by atoms with Crippen LogP contribution < -0.4 is 9.62 Å². The number of hydrogen-bond donors (Lipinski definition) is 1. The van der Waals surface area contributed by atoms with Crippen LogP contribution in [0.2, 0.25) is 0 Å². The number of carbonyl (C=O) groups excluding carboxylic acids is 2. The molecule has 0 spiro atoms. The average Bonchev–Trinajstić information content (AvgIpc) is 2.96. The molecule has 0 aliphatic heterocycles. The van der Waals surface area contributed by atoms with Gasteiger partial charge in [-0.15, -0.1) is 11.8 Å². The van der Waals surface area contributed by atoms with Crippen LogP contribution >= 0.6 is 11.8 Å². The lowest BCUT2D eigenvalue weighted by Crippen LogP contribution is -2.53. The van der Waals surface area contributed by atoms with Crippen LogP contribution in [0.4, 0.5) is 5.69 Å². The molecule has 0 radical (unpaired) electrons. The van der Waals surface area contributed by atoms with E-state index in [9.17, 15) is 18.0 Å². The van der Waals surface area contributed by atoms with E-state index in [0.29, 0.717) is 12.1 Å². The molecule has 0 unspecified atom stereocenters. The summed E-state index contributed by atoms with van der Waals surface area (Å²) in [4.78, 5) is 29.5. The Balaban J connectivity index is 1.97. The van der Waals surface area contributed by atoms with Crippen molar-refractivity contribution in [3.63, 3.8) is 0 Å². The molecule has 3 aromatic rings. The van der Waals surface area contributed by atoms with Crippen LogP contribution in [0.5, 0.6) is 0 Å². The average molecular weight is 582 g/mol. The topological polar surface area (TPSA) is 86.8 Å². The molecule has 40 heavy (non-hydrogen) atoms. The molecule has 2 atom stereocenters. The van der Waals surface area contributed by atoms with E-state index in [1.165, 1.54) is 16.7 Å². The van der Waals surface area contributed by atoms with Crippen LogP contribution in [0, 0.1) is 6.92 Å². The Labute approximate surface area is 243 Å². The van der Waals surface area contributed by atoms with E-state index in [2.05, 4.69) is 5.32 Å². The third-order valence-electron chi connectivity index (χ3n) is 6.90. The molecule has 3 rings (SSSR count). The molecule has 3 aromatic carbocycles. The zero-order valence-electron chi connectivity index (χ0n) is 23.8. The molecule has 0 saturated heterocycles. The molecule has 2 amide bonds. The predicted octanol–water partition coefficient (Wildman–Crippen LogP) is 5.29. The Morgan fingerprint density at radius 1 is 0.925 bits per heavy atom. The number of benzene rings is 3. The highest BCUT2D eigenvalue weighted by Crippen LogP contribution is 2.26. The Morgan fingerprint density at radius 2 is 1.55 bits per heavy atom. The Hall–Kier alpha value is -3.30. The number of anilines is 1. The van der Waals surface area contributed by atoms with Gasteiger partial charge in [0.25, 0.3) is 10.0 Å². The summed E-state index contributed by atoms with van der Waals surface area (Å²) in [7, 11) is -4.08. The van der Waals surface area contributed by atoms with Crippen molar-refractivity contribution in [2.45, 2.75) is 62.4 Å². The van der Waals surface area contributed by atoms with Crippen molar-refractivity contribution in [1.29, 1.82) is 0 Å². The maximum atomic E-state index is 13.9. The SMILES string of the molecule is CC[C@H](C)NC(=O)[C@@H](C)N(CCc1ccccc1)C(=O)CN(c1ccc(C)cc1)S(=O)(=O)c1ccc(SC)cc1. The van der Waals surface area contributed by atoms with E-state index in [0.717, 1.165) is 26.7 Å². The highest BCUT2D eigenvalue weighted by atomic mass is 32.2. The fraction of sp³-hybridized carbons (Fsp3) is 0.355. The van der Waals surface area contributed by atoms with Crippen molar-refractivity contribution in [2.75, 3.05) is 23.7 Å². The molecular weight excluding hydrogens is 542 g/mol. The van der Waals surface area contributed by atoms with Gasteiger partial charge in [0.2, 0.25) is 11.8 Å². The summed E-state index contributed by atoms with van der Waals surface area (Å²) in [6.45, 7) is 7.32.